The molecule has 2 atom stereocenters. The number of nitrogens with zero attached hydrogens (tertiary/aromatic N) is 1. The number of amides is 3. The normalized spacial score (nSPS) is 25.0. The number of carbonyl (C=O) groups is 2. The number of rotatable bonds is 5. The summed E-state index contributed by atoms with van der Waals surface area (Å²) in [6.45, 7) is -0.384. The third-order valence-electron chi connectivity index (χ3n) is 3.93. The number of nitrogens with one attached hydrogen (secondary N) is 1. The molecule has 2 aliphatic rings. The van der Waals surface area contributed by atoms with Crippen LogP contribution in [0.3, 0.4) is 0 Å². The van der Waals surface area contributed by atoms with Crippen molar-refractivity contribution >= 4 is 23.7 Å². The summed E-state index contributed by atoms with van der Waals surface area (Å²) in [7, 11) is 0. The van der Waals surface area contributed by atoms with Gasteiger partial charge in [0.05, 0.1) is 6.54 Å². The number of ether oxygens (including phenoxy) is 1. The van der Waals surface area contributed by atoms with E-state index >= 15 is 0 Å². The van der Waals surface area contributed by atoms with Crippen LogP contribution in [0.4, 0.5) is 9.18 Å². The number of halogens is 1. The zero-order valence-electron chi connectivity index (χ0n) is 12.3. The molecule has 2 aliphatic heterocycles. The van der Waals surface area contributed by atoms with E-state index in [2.05, 4.69) is 5.32 Å². The molecule has 1 aromatic carbocycles. The molecular weight excluding hydrogens is 323 g/mol. The Morgan fingerprint density at radius 2 is 2.22 bits per heavy atom. The number of hydrogen-bond donors (Lipinski definition) is 2. The molecule has 0 radical (unpaired) electrons. The molecule has 3 rings (SSSR count). The molecule has 2 N–H and O–H groups in total. The first-order valence-electron chi connectivity index (χ1n) is 7.29. The lowest BCUT2D eigenvalue weighted by Crippen LogP contribution is -2.47. The van der Waals surface area contributed by atoms with Crippen LogP contribution in [0.1, 0.15) is 6.42 Å². The third-order valence-corrected chi connectivity index (χ3v) is 5.12. The summed E-state index contributed by atoms with van der Waals surface area (Å²) in [5.74, 6) is 0.552. The lowest BCUT2D eigenvalue weighted by Gasteiger charge is -2.21. The first-order valence-corrected chi connectivity index (χ1v) is 8.44. The first-order chi connectivity index (χ1) is 11.0. The highest BCUT2D eigenvalue weighted by Crippen LogP contribution is 2.33. The number of carbonyl (C=O) groups excluding carboxylic acids is 2. The van der Waals surface area contributed by atoms with Crippen molar-refractivity contribution in [3.8, 4) is 5.75 Å². The average molecular weight is 340 g/mol. The molecule has 8 heteroatoms. The van der Waals surface area contributed by atoms with E-state index in [-0.39, 0.29) is 24.8 Å². The molecule has 0 aliphatic carbocycles. The molecule has 0 unspecified atom stereocenters. The van der Waals surface area contributed by atoms with Crippen LogP contribution in [-0.2, 0) is 4.79 Å². The second-order valence-corrected chi connectivity index (χ2v) is 6.73. The zero-order chi connectivity index (χ0) is 16.4. The molecular formula is C15H17FN2O4S. The molecule has 6 nitrogen and oxygen atoms in total. The van der Waals surface area contributed by atoms with Crippen molar-refractivity contribution in [2.45, 2.75) is 18.1 Å². The standard InChI is InChI=1S/C15H17FN2O4S/c16-11-3-1-2-4-12(11)22-8-10(19)7-18-13(20)15(17-14(18)21)5-6-23-9-15/h1-4,10,19H,5-9H2,(H,17,21)/t10-,15+/m0/s1. The number of urea groups is 1. The second kappa shape index (κ2) is 6.37. The number of β-amino-alcohol motifs (C(OH)–C–C–N with tert-alkyl or cyclic N) is 1. The summed E-state index contributed by atoms with van der Waals surface area (Å²) in [5.41, 5.74) is -0.826. The number of imide groups is 1. The third kappa shape index (κ3) is 3.13. The number of para-hydroxylation sites is 1. The molecule has 1 aromatic rings. The fraction of sp³-hybridized carbons (Fsp3) is 0.467. The van der Waals surface area contributed by atoms with E-state index in [9.17, 15) is 19.1 Å². The molecule has 2 saturated heterocycles. The molecule has 0 bridgehead atoms. The lowest BCUT2D eigenvalue weighted by atomic mass is 9.99. The maximum Gasteiger partial charge on any atom is 0.325 e. The molecule has 2 fully saturated rings. The number of hydrogen-bond acceptors (Lipinski definition) is 5. The van der Waals surface area contributed by atoms with E-state index in [4.69, 9.17) is 4.74 Å². The van der Waals surface area contributed by atoms with E-state index in [1.807, 2.05) is 0 Å². The molecule has 2 heterocycles. The van der Waals surface area contributed by atoms with Crippen molar-refractivity contribution in [3.05, 3.63) is 30.1 Å². The van der Waals surface area contributed by atoms with Gasteiger partial charge >= 0.3 is 6.03 Å². The monoisotopic (exact) mass is 340 g/mol. The van der Waals surface area contributed by atoms with Crippen LogP contribution < -0.4 is 10.1 Å². The molecule has 23 heavy (non-hydrogen) atoms. The highest BCUT2D eigenvalue weighted by molar-refractivity contribution is 7.99. The molecule has 0 saturated carbocycles. The minimum absolute atomic E-state index is 0.0208. The molecule has 0 aromatic heterocycles. The summed E-state index contributed by atoms with van der Waals surface area (Å²) in [6.07, 6.45) is -0.492. The van der Waals surface area contributed by atoms with E-state index in [0.29, 0.717) is 12.2 Å². The van der Waals surface area contributed by atoms with E-state index in [1.54, 1.807) is 17.8 Å². The van der Waals surface area contributed by atoms with Gasteiger partial charge in [-0.3, -0.25) is 9.69 Å². The van der Waals surface area contributed by atoms with Crippen LogP contribution in [0.2, 0.25) is 0 Å². The van der Waals surface area contributed by atoms with Crippen molar-refractivity contribution in [1.82, 2.24) is 10.2 Å². The minimum atomic E-state index is -1.09. The maximum atomic E-state index is 13.4. The zero-order valence-corrected chi connectivity index (χ0v) is 13.1. The van der Waals surface area contributed by atoms with Crippen molar-refractivity contribution < 1.29 is 23.8 Å². The topological polar surface area (TPSA) is 78.9 Å². The number of benzene rings is 1. The highest BCUT2D eigenvalue weighted by atomic mass is 32.2. The van der Waals surface area contributed by atoms with Crippen LogP contribution in [-0.4, -0.2) is 58.2 Å². The Kier molecular flexibility index (Phi) is 4.45. The van der Waals surface area contributed by atoms with Gasteiger partial charge in [-0.15, -0.1) is 0 Å². The van der Waals surface area contributed by atoms with Crippen molar-refractivity contribution in [2.24, 2.45) is 0 Å². The number of aliphatic hydroxyl groups excluding tert-OH is 1. The fourth-order valence-corrected chi connectivity index (χ4v) is 4.01. The smallest absolute Gasteiger partial charge is 0.325 e. The highest BCUT2D eigenvalue weighted by Gasteiger charge is 2.53. The van der Waals surface area contributed by atoms with Gasteiger partial charge in [0, 0.05) is 5.75 Å². The molecule has 1 spiro atoms. The minimum Gasteiger partial charge on any atom is -0.488 e. The van der Waals surface area contributed by atoms with Crippen LogP contribution in [0.5, 0.6) is 5.75 Å². The maximum absolute atomic E-state index is 13.4. The SMILES string of the molecule is O=C1N[C@@]2(CCSC2)C(=O)N1C[C@H](O)COc1ccccc1F. The van der Waals surface area contributed by atoms with Gasteiger partial charge in [0.25, 0.3) is 5.91 Å². The van der Waals surface area contributed by atoms with E-state index < -0.39 is 23.5 Å². The Hall–Kier alpha value is -1.80. The van der Waals surface area contributed by atoms with Gasteiger partial charge in [0.1, 0.15) is 18.2 Å². The van der Waals surface area contributed by atoms with Gasteiger partial charge in [-0.25, -0.2) is 9.18 Å². The van der Waals surface area contributed by atoms with Crippen LogP contribution in [0, 0.1) is 5.82 Å². The first kappa shape index (κ1) is 16.1. The quantitative estimate of drug-likeness (QED) is 0.782. The number of aliphatic hydroxyl groups is 1. The van der Waals surface area contributed by atoms with Gasteiger partial charge in [0.2, 0.25) is 0 Å². The van der Waals surface area contributed by atoms with Crippen molar-refractivity contribution in [3.63, 3.8) is 0 Å². The van der Waals surface area contributed by atoms with Crippen molar-refractivity contribution in [1.29, 1.82) is 0 Å². The largest absolute Gasteiger partial charge is 0.488 e. The fourth-order valence-electron chi connectivity index (χ4n) is 2.69. The average Bonchev–Trinajstić information content (AvgIpc) is 3.08. The Morgan fingerprint density at radius 3 is 2.91 bits per heavy atom. The summed E-state index contributed by atoms with van der Waals surface area (Å²) < 4.78 is 18.6. The molecule has 3 amide bonds. The van der Waals surface area contributed by atoms with Gasteiger partial charge < -0.3 is 15.2 Å². The van der Waals surface area contributed by atoms with Crippen molar-refractivity contribution in [2.75, 3.05) is 24.7 Å². The molecule has 124 valence electrons. The summed E-state index contributed by atoms with van der Waals surface area (Å²) in [4.78, 5) is 25.4. The second-order valence-electron chi connectivity index (χ2n) is 5.63. The summed E-state index contributed by atoms with van der Waals surface area (Å²) in [5, 5.41) is 12.7. The van der Waals surface area contributed by atoms with Gasteiger partial charge in [-0.2, -0.15) is 11.8 Å². The van der Waals surface area contributed by atoms with Crippen LogP contribution in [0.15, 0.2) is 24.3 Å². The Labute approximate surface area is 137 Å². The Bertz CT molecular complexity index is 621. The van der Waals surface area contributed by atoms with Crippen LogP contribution >= 0.6 is 11.8 Å². The predicted octanol–water partition coefficient (Wildman–Crippen LogP) is 0.993. The van der Waals surface area contributed by atoms with Gasteiger partial charge in [-0.1, -0.05) is 12.1 Å². The number of thioether (sulfide) groups is 1. The van der Waals surface area contributed by atoms with Crippen LogP contribution in [0.25, 0.3) is 0 Å². The predicted molar refractivity (Wildman–Crippen MR) is 82.8 cm³/mol. The Morgan fingerprint density at radius 1 is 1.43 bits per heavy atom. The van der Waals surface area contributed by atoms with E-state index in [1.165, 1.54) is 18.2 Å². The Balaban J connectivity index is 1.57. The van der Waals surface area contributed by atoms with Gasteiger partial charge in [0.15, 0.2) is 11.6 Å². The summed E-state index contributed by atoms with van der Waals surface area (Å²) in [6, 6.07) is 5.35. The van der Waals surface area contributed by atoms with E-state index in [0.717, 1.165) is 10.7 Å². The van der Waals surface area contributed by atoms with Gasteiger partial charge in [-0.05, 0) is 24.3 Å². The lowest BCUT2D eigenvalue weighted by molar-refractivity contribution is -0.131. The summed E-state index contributed by atoms with van der Waals surface area (Å²) >= 11 is 1.61.